The van der Waals surface area contributed by atoms with Gasteiger partial charge >= 0.3 is 0 Å². The molecule has 1 unspecified atom stereocenters. The lowest BCUT2D eigenvalue weighted by Gasteiger charge is -2.14. The second-order valence-electron chi connectivity index (χ2n) is 3.51. The molecule has 0 saturated heterocycles. The van der Waals surface area contributed by atoms with Gasteiger partial charge in [0.25, 0.3) is 0 Å². The molecule has 84 valence electrons. The van der Waals surface area contributed by atoms with Gasteiger partial charge in [-0.05, 0) is 24.7 Å². The Kier molecular flexibility index (Phi) is 3.22. The smallest absolute Gasteiger partial charge is 0.180 e. The molecule has 2 rings (SSSR count). The molecule has 1 aromatic heterocycles. The fraction of sp³-hybridized carbons (Fsp3) is 0.250. The number of nitrogens with zero attached hydrogens (tertiary/aromatic N) is 1. The molecule has 0 amide bonds. The highest BCUT2D eigenvalue weighted by molar-refractivity contribution is 5.45. The molecule has 1 atom stereocenters. The van der Waals surface area contributed by atoms with Crippen molar-refractivity contribution in [2.24, 2.45) is 0 Å². The Morgan fingerprint density at radius 1 is 1.19 bits per heavy atom. The number of hydrogen-bond donors (Lipinski definition) is 2. The third kappa shape index (κ3) is 2.06. The second-order valence-corrected chi connectivity index (χ2v) is 3.51. The Balaban J connectivity index is 2.27. The number of oxazole rings is 1. The molecule has 1 aromatic carbocycles. The lowest BCUT2D eigenvalue weighted by molar-refractivity contribution is 0.553. The molecule has 2 aromatic rings. The maximum atomic E-state index is 5.00. The average Bonchev–Trinajstić information content (AvgIpc) is 2.85. The predicted molar refractivity (Wildman–Crippen MR) is 63.4 cm³/mol. The van der Waals surface area contributed by atoms with E-state index in [-0.39, 0.29) is 6.04 Å². The van der Waals surface area contributed by atoms with Crippen molar-refractivity contribution in [2.75, 3.05) is 19.4 Å². The van der Waals surface area contributed by atoms with Crippen LogP contribution in [0.2, 0.25) is 0 Å². The maximum absolute atomic E-state index is 5.00. The quantitative estimate of drug-likeness (QED) is 0.822. The van der Waals surface area contributed by atoms with E-state index < -0.39 is 0 Å². The monoisotopic (exact) mass is 217 g/mol. The van der Waals surface area contributed by atoms with Crippen LogP contribution in [0.4, 0.5) is 5.69 Å². The van der Waals surface area contributed by atoms with Gasteiger partial charge in [-0.15, -0.1) is 0 Å². The van der Waals surface area contributed by atoms with Crippen molar-refractivity contribution in [3.8, 4) is 0 Å². The normalized spacial score (nSPS) is 12.4. The van der Waals surface area contributed by atoms with E-state index in [1.165, 1.54) is 6.39 Å². The van der Waals surface area contributed by atoms with Crippen LogP contribution in [0.15, 0.2) is 41.3 Å². The van der Waals surface area contributed by atoms with Crippen molar-refractivity contribution >= 4 is 5.69 Å². The van der Waals surface area contributed by atoms with Crippen LogP contribution in [0.25, 0.3) is 0 Å². The van der Waals surface area contributed by atoms with Crippen LogP contribution in [0.3, 0.4) is 0 Å². The summed E-state index contributed by atoms with van der Waals surface area (Å²) in [6.45, 7) is 0. The van der Waals surface area contributed by atoms with E-state index >= 15 is 0 Å². The molecule has 0 saturated carbocycles. The highest BCUT2D eigenvalue weighted by Gasteiger charge is 2.13. The van der Waals surface area contributed by atoms with E-state index in [1.807, 2.05) is 26.2 Å². The van der Waals surface area contributed by atoms with E-state index in [0.29, 0.717) is 0 Å². The van der Waals surface area contributed by atoms with Crippen LogP contribution < -0.4 is 10.6 Å². The Labute approximate surface area is 94.7 Å². The highest BCUT2D eigenvalue weighted by Crippen LogP contribution is 2.21. The van der Waals surface area contributed by atoms with E-state index in [2.05, 4.69) is 27.8 Å². The van der Waals surface area contributed by atoms with Crippen molar-refractivity contribution in [2.45, 2.75) is 6.04 Å². The van der Waals surface area contributed by atoms with Crippen LogP contribution in [-0.4, -0.2) is 19.1 Å². The molecular formula is C12H15N3O. The number of benzene rings is 1. The van der Waals surface area contributed by atoms with Gasteiger partial charge in [0, 0.05) is 12.7 Å². The van der Waals surface area contributed by atoms with Crippen molar-refractivity contribution in [3.63, 3.8) is 0 Å². The molecule has 2 N–H and O–H groups in total. The summed E-state index contributed by atoms with van der Waals surface area (Å²) in [6.07, 6.45) is 3.11. The van der Waals surface area contributed by atoms with Gasteiger partial charge in [0.05, 0.1) is 6.04 Å². The van der Waals surface area contributed by atoms with Gasteiger partial charge < -0.3 is 15.1 Å². The molecule has 0 fully saturated rings. The lowest BCUT2D eigenvalue weighted by Crippen LogP contribution is -2.17. The van der Waals surface area contributed by atoms with E-state index in [0.717, 1.165) is 16.9 Å². The maximum Gasteiger partial charge on any atom is 0.180 e. The standard InChI is InChI=1S/C12H15N3O/c1-13-10-5-3-9(4-6-10)12(14-2)11-7-16-8-15-11/h3-8,12-14H,1-2H3. The largest absolute Gasteiger partial charge is 0.451 e. The summed E-state index contributed by atoms with van der Waals surface area (Å²) in [4.78, 5) is 4.16. The molecule has 0 aliphatic carbocycles. The number of nitrogens with one attached hydrogen (secondary N) is 2. The molecule has 4 heteroatoms. The Bertz CT molecular complexity index is 422. The van der Waals surface area contributed by atoms with Crippen molar-refractivity contribution in [1.29, 1.82) is 0 Å². The second kappa shape index (κ2) is 4.81. The number of anilines is 1. The van der Waals surface area contributed by atoms with Crippen molar-refractivity contribution < 1.29 is 4.42 Å². The van der Waals surface area contributed by atoms with Crippen LogP contribution in [0.5, 0.6) is 0 Å². The van der Waals surface area contributed by atoms with Gasteiger partial charge in [0.15, 0.2) is 6.39 Å². The highest BCUT2D eigenvalue weighted by atomic mass is 16.3. The van der Waals surface area contributed by atoms with Gasteiger partial charge in [0.1, 0.15) is 12.0 Å². The minimum atomic E-state index is 0.0738. The number of hydrogen-bond acceptors (Lipinski definition) is 4. The first-order valence-electron chi connectivity index (χ1n) is 5.18. The molecular weight excluding hydrogens is 202 g/mol. The van der Waals surface area contributed by atoms with E-state index in [9.17, 15) is 0 Å². The fourth-order valence-corrected chi connectivity index (χ4v) is 1.69. The zero-order valence-corrected chi connectivity index (χ0v) is 9.40. The molecule has 4 nitrogen and oxygen atoms in total. The van der Waals surface area contributed by atoms with Gasteiger partial charge in [-0.1, -0.05) is 12.1 Å². The minimum Gasteiger partial charge on any atom is -0.451 e. The van der Waals surface area contributed by atoms with Crippen LogP contribution in [-0.2, 0) is 0 Å². The molecule has 0 radical (unpaired) electrons. The summed E-state index contributed by atoms with van der Waals surface area (Å²) in [7, 11) is 3.81. The Morgan fingerprint density at radius 3 is 2.44 bits per heavy atom. The summed E-state index contributed by atoms with van der Waals surface area (Å²) < 4.78 is 5.00. The third-order valence-electron chi connectivity index (χ3n) is 2.57. The number of aromatic nitrogens is 1. The third-order valence-corrected chi connectivity index (χ3v) is 2.57. The Hall–Kier alpha value is -1.81. The molecule has 1 heterocycles. The van der Waals surface area contributed by atoms with Crippen molar-refractivity contribution in [1.82, 2.24) is 10.3 Å². The Morgan fingerprint density at radius 2 is 1.94 bits per heavy atom. The van der Waals surface area contributed by atoms with Crippen LogP contribution in [0.1, 0.15) is 17.3 Å². The van der Waals surface area contributed by atoms with Crippen LogP contribution in [0, 0.1) is 0 Å². The zero-order chi connectivity index (χ0) is 11.4. The van der Waals surface area contributed by atoms with Gasteiger partial charge in [-0.25, -0.2) is 4.98 Å². The lowest BCUT2D eigenvalue weighted by atomic mass is 10.0. The molecule has 0 spiro atoms. The van der Waals surface area contributed by atoms with Crippen LogP contribution >= 0.6 is 0 Å². The fourth-order valence-electron chi connectivity index (χ4n) is 1.69. The first-order valence-corrected chi connectivity index (χ1v) is 5.18. The zero-order valence-electron chi connectivity index (χ0n) is 9.40. The minimum absolute atomic E-state index is 0.0738. The number of rotatable bonds is 4. The van der Waals surface area contributed by atoms with Gasteiger partial charge in [-0.2, -0.15) is 0 Å². The van der Waals surface area contributed by atoms with Crippen molar-refractivity contribution in [3.05, 3.63) is 48.2 Å². The van der Waals surface area contributed by atoms with Gasteiger partial charge in [-0.3, -0.25) is 0 Å². The SMILES string of the molecule is CNc1ccc(C(NC)c2cocn2)cc1. The molecule has 16 heavy (non-hydrogen) atoms. The summed E-state index contributed by atoms with van der Waals surface area (Å²) in [5, 5.41) is 6.31. The van der Waals surface area contributed by atoms with Gasteiger partial charge in [0.2, 0.25) is 0 Å². The summed E-state index contributed by atoms with van der Waals surface area (Å²) >= 11 is 0. The molecule has 0 aliphatic rings. The first kappa shape index (κ1) is 10.7. The summed E-state index contributed by atoms with van der Waals surface area (Å²) in [5.41, 5.74) is 3.15. The molecule has 0 aliphatic heterocycles. The average molecular weight is 217 g/mol. The summed E-state index contributed by atoms with van der Waals surface area (Å²) in [5.74, 6) is 0. The topological polar surface area (TPSA) is 50.1 Å². The van der Waals surface area contributed by atoms with E-state index in [1.54, 1.807) is 6.26 Å². The predicted octanol–water partition coefficient (Wildman–Crippen LogP) is 2.03. The first-order chi connectivity index (χ1) is 7.85. The summed E-state index contributed by atoms with van der Waals surface area (Å²) in [6, 6.07) is 8.30. The molecule has 0 bridgehead atoms. The van der Waals surface area contributed by atoms with E-state index in [4.69, 9.17) is 4.42 Å².